The fourth-order valence-corrected chi connectivity index (χ4v) is 3.31. The number of nitrogens with one attached hydrogen (secondary N) is 3. The van der Waals surface area contributed by atoms with E-state index in [1.165, 1.54) is 12.1 Å². The van der Waals surface area contributed by atoms with Crippen molar-refractivity contribution in [1.82, 2.24) is 10.0 Å². The van der Waals surface area contributed by atoms with E-state index < -0.39 is 10.0 Å². The van der Waals surface area contributed by atoms with E-state index in [-0.39, 0.29) is 16.8 Å². The maximum Gasteiger partial charge on any atom is 0.240 e. The molecule has 0 saturated carbocycles. The molecule has 1 saturated heterocycles. The molecule has 1 aliphatic rings. The summed E-state index contributed by atoms with van der Waals surface area (Å²) in [4.78, 5) is 12.0. The van der Waals surface area contributed by atoms with Gasteiger partial charge in [-0.2, -0.15) is 0 Å². The minimum absolute atomic E-state index is 0.0441. The molecule has 0 radical (unpaired) electrons. The molecule has 0 unspecified atom stereocenters. The van der Waals surface area contributed by atoms with E-state index in [0.717, 1.165) is 13.1 Å². The molecule has 0 aromatic heterocycles. The van der Waals surface area contributed by atoms with Crippen LogP contribution in [0.2, 0.25) is 0 Å². The van der Waals surface area contributed by atoms with E-state index >= 15 is 0 Å². The van der Waals surface area contributed by atoms with Crippen LogP contribution in [0.5, 0.6) is 0 Å². The summed E-state index contributed by atoms with van der Waals surface area (Å²) in [6.45, 7) is 5.29. The van der Waals surface area contributed by atoms with Gasteiger partial charge in [0.2, 0.25) is 15.9 Å². The molecule has 6 nitrogen and oxygen atoms in total. The van der Waals surface area contributed by atoms with Gasteiger partial charge in [-0.05, 0) is 57.1 Å². The molecule has 1 amide bonds. The Morgan fingerprint density at radius 2 is 1.90 bits per heavy atom. The van der Waals surface area contributed by atoms with Gasteiger partial charge in [0, 0.05) is 18.2 Å². The van der Waals surface area contributed by atoms with Crippen LogP contribution in [0, 0.1) is 5.92 Å². The monoisotopic (exact) mass is 311 g/mol. The normalized spacial score (nSPS) is 15.8. The number of hydrogen-bond donors (Lipinski definition) is 3. The van der Waals surface area contributed by atoms with Crippen LogP contribution in [0.1, 0.15) is 20.3 Å². The average Bonchev–Trinajstić information content (AvgIpc) is 2.33. The lowest BCUT2D eigenvalue weighted by Crippen LogP contribution is -2.43. The molecule has 1 aromatic carbocycles. The quantitative estimate of drug-likeness (QED) is 0.729. The van der Waals surface area contributed by atoms with Gasteiger partial charge in [0.15, 0.2) is 0 Å². The van der Waals surface area contributed by atoms with Crippen LogP contribution in [-0.4, -0.2) is 33.5 Å². The zero-order valence-corrected chi connectivity index (χ0v) is 13.0. The average molecular weight is 311 g/mol. The fraction of sp³-hybridized carbons (Fsp3) is 0.500. The van der Waals surface area contributed by atoms with Crippen molar-refractivity contribution >= 4 is 21.6 Å². The molecule has 1 heterocycles. The van der Waals surface area contributed by atoms with E-state index in [9.17, 15) is 13.2 Å². The summed E-state index contributed by atoms with van der Waals surface area (Å²) in [6, 6.07) is 6.03. The van der Waals surface area contributed by atoms with Crippen molar-refractivity contribution in [3.05, 3.63) is 24.3 Å². The van der Waals surface area contributed by atoms with Gasteiger partial charge < -0.3 is 10.6 Å². The lowest BCUT2D eigenvalue weighted by atomic mass is 9.99. The molecule has 21 heavy (non-hydrogen) atoms. The fourth-order valence-electron chi connectivity index (χ4n) is 2.06. The predicted molar refractivity (Wildman–Crippen MR) is 81.5 cm³/mol. The van der Waals surface area contributed by atoms with Crippen LogP contribution in [0.3, 0.4) is 0 Å². The second-order valence-corrected chi connectivity index (χ2v) is 7.29. The van der Waals surface area contributed by atoms with Gasteiger partial charge >= 0.3 is 0 Å². The molecule has 1 aliphatic heterocycles. The minimum Gasteiger partial charge on any atom is -0.326 e. The maximum absolute atomic E-state index is 12.0. The Morgan fingerprint density at radius 3 is 2.38 bits per heavy atom. The number of amides is 1. The first-order chi connectivity index (χ1) is 9.87. The highest BCUT2D eigenvalue weighted by Gasteiger charge is 2.20. The van der Waals surface area contributed by atoms with E-state index in [4.69, 9.17) is 0 Å². The van der Waals surface area contributed by atoms with Gasteiger partial charge in [0.05, 0.1) is 4.90 Å². The Bertz CT molecular complexity index is 592. The van der Waals surface area contributed by atoms with Crippen LogP contribution in [0.25, 0.3) is 0 Å². The van der Waals surface area contributed by atoms with E-state index in [0.29, 0.717) is 18.0 Å². The zero-order chi connectivity index (χ0) is 15.5. The first kappa shape index (κ1) is 15.9. The Balaban J connectivity index is 1.96. The third-order valence-electron chi connectivity index (χ3n) is 3.18. The summed E-state index contributed by atoms with van der Waals surface area (Å²) in [5.41, 5.74) is 0.607. The van der Waals surface area contributed by atoms with E-state index in [1.54, 1.807) is 26.0 Å². The zero-order valence-electron chi connectivity index (χ0n) is 12.2. The topological polar surface area (TPSA) is 87.3 Å². The lowest BCUT2D eigenvalue weighted by Gasteiger charge is -2.26. The molecular weight excluding hydrogens is 290 g/mol. The molecule has 116 valence electrons. The van der Waals surface area contributed by atoms with Crippen molar-refractivity contribution < 1.29 is 13.2 Å². The van der Waals surface area contributed by atoms with Crippen LogP contribution in [-0.2, 0) is 14.8 Å². The lowest BCUT2D eigenvalue weighted by molar-refractivity contribution is -0.117. The van der Waals surface area contributed by atoms with Gasteiger partial charge in [0.1, 0.15) is 0 Å². The van der Waals surface area contributed by atoms with Gasteiger partial charge in [-0.25, -0.2) is 13.1 Å². The third-order valence-corrected chi connectivity index (χ3v) is 4.85. The third kappa shape index (κ3) is 4.52. The summed E-state index contributed by atoms with van der Waals surface area (Å²) in [6.07, 6.45) is 0.488. The van der Waals surface area contributed by atoms with Crippen LogP contribution in [0.4, 0.5) is 5.69 Å². The highest BCUT2D eigenvalue weighted by molar-refractivity contribution is 7.89. The number of hydrogen-bond acceptors (Lipinski definition) is 4. The Hall–Kier alpha value is -1.44. The van der Waals surface area contributed by atoms with Crippen molar-refractivity contribution in [3.63, 3.8) is 0 Å². The van der Waals surface area contributed by atoms with Gasteiger partial charge in [-0.3, -0.25) is 4.79 Å². The molecule has 7 heteroatoms. The number of benzene rings is 1. The van der Waals surface area contributed by atoms with Crippen LogP contribution in [0.15, 0.2) is 29.2 Å². The number of anilines is 1. The van der Waals surface area contributed by atoms with Gasteiger partial charge in [0.25, 0.3) is 0 Å². The molecule has 0 atom stereocenters. The molecular formula is C14H21N3O3S. The van der Waals surface area contributed by atoms with Crippen molar-refractivity contribution in [1.29, 1.82) is 0 Å². The Morgan fingerprint density at radius 1 is 1.29 bits per heavy atom. The Kier molecular flexibility index (Phi) is 4.97. The molecule has 1 fully saturated rings. The van der Waals surface area contributed by atoms with Crippen LogP contribution < -0.4 is 15.4 Å². The minimum atomic E-state index is -3.49. The van der Waals surface area contributed by atoms with Gasteiger partial charge in [-0.1, -0.05) is 0 Å². The summed E-state index contributed by atoms with van der Waals surface area (Å²) >= 11 is 0. The maximum atomic E-state index is 12.0. The first-order valence-electron chi connectivity index (χ1n) is 7.00. The Labute approximate surface area is 125 Å². The summed E-state index contributed by atoms with van der Waals surface area (Å²) in [7, 11) is -3.49. The van der Waals surface area contributed by atoms with E-state index in [1.807, 2.05) is 0 Å². The van der Waals surface area contributed by atoms with Crippen molar-refractivity contribution in [3.8, 4) is 0 Å². The van der Waals surface area contributed by atoms with E-state index in [2.05, 4.69) is 15.4 Å². The van der Waals surface area contributed by atoms with Gasteiger partial charge in [-0.15, -0.1) is 0 Å². The standard InChI is InChI=1S/C14H21N3O3S/c1-10(2)17-21(19,20)13-5-3-12(4-6-13)16-14(18)7-11-8-15-9-11/h3-6,10-11,15,17H,7-9H2,1-2H3,(H,16,18). The summed E-state index contributed by atoms with van der Waals surface area (Å²) in [5, 5.41) is 5.89. The van der Waals surface area contributed by atoms with Crippen LogP contribution >= 0.6 is 0 Å². The second-order valence-electron chi connectivity index (χ2n) is 5.58. The predicted octanol–water partition coefficient (Wildman–Crippen LogP) is 0.921. The smallest absolute Gasteiger partial charge is 0.240 e. The number of carbonyl (C=O) groups excluding carboxylic acids is 1. The highest BCUT2D eigenvalue weighted by Crippen LogP contribution is 2.16. The second kappa shape index (κ2) is 6.55. The number of carbonyl (C=O) groups is 1. The molecule has 3 N–H and O–H groups in total. The van der Waals surface area contributed by atoms with Crippen molar-refractivity contribution in [2.75, 3.05) is 18.4 Å². The number of sulfonamides is 1. The summed E-state index contributed by atoms with van der Waals surface area (Å²) in [5.74, 6) is 0.359. The first-order valence-corrected chi connectivity index (χ1v) is 8.48. The van der Waals surface area contributed by atoms with Crippen molar-refractivity contribution in [2.24, 2.45) is 5.92 Å². The molecule has 1 aromatic rings. The molecule has 0 aliphatic carbocycles. The number of rotatable bonds is 6. The largest absolute Gasteiger partial charge is 0.326 e. The SMILES string of the molecule is CC(C)NS(=O)(=O)c1ccc(NC(=O)CC2CNC2)cc1. The molecule has 2 rings (SSSR count). The summed E-state index contributed by atoms with van der Waals surface area (Å²) < 4.78 is 26.4. The molecule has 0 bridgehead atoms. The highest BCUT2D eigenvalue weighted by atomic mass is 32.2. The molecule has 0 spiro atoms. The van der Waals surface area contributed by atoms with Crippen molar-refractivity contribution in [2.45, 2.75) is 31.2 Å².